The Kier molecular flexibility index (Phi) is 7.32. The van der Waals surface area contributed by atoms with Gasteiger partial charge in [0.2, 0.25) is 0 Å². The summed E-state index contributed by atoms with van der Waals surface area (Å²) in [6.07, 6.45) is -0.0141. The normalized spacial score (nSPS) is 15.3. The van der Waals surface area contributed by atoms with Gasteiger partial charge < -0.3 is 20.1 Å². The fraction of sp³-hybridized carbons (Fsp3) is 0.435. The molecule has 0 atom stereocenters. The molecule has 0 aliphatic carbocycles. The third-order valence-electron chi connectivity index (χ3n) is 6.12. The van der Waals surface area contributed by atoms with Gasteiger partial charge in [-0.05, 0) is 61.1 Å². The number of hydrogen-bond acceptors (Lipinski definition) is 6. The van der Waals surface area contributed by atoms with Crippen molar-refractivity contribution in [3.05, 3.63) is 52.4 Å². The smallest absolute Gasteiger partial charge is 0.383 e. The highest BCUT2D eigenvalue weighted by molar-refractivity contribution is 9.10. The van der Waals surface area contributed by atoms with Crippen molar-refractivity contribution in [1.82, 2.24) is 24.4 Å². The number of nitrogens with zero attached hydrogens (tertiary/aromatic N) is 6. The Hall–Kier alpha value is -2.73. The van der Waals surface area contributed by atoms with Gasteiger partial charge in [0, 0.05) is 43.9 Å². The standard InChI is InChI=1S/C23H26BrF4N7/c1-33(2)9-10-35-12-18(15-3-4-17(25)16(11-15)23(26,27)28)32-21(35)14-5-7-34(8-6-14)22-19(24)20(29)30-13-31-22/h3-4,11-14H,5-10H2,1-2H3,(H2,29,30,31). The lowest BCUT2D eigenvalue weighted by Gasteiger charge is -2.33. The molecule has 4 rings (SSSR count). The van der Waals surface area contributed by atoms with Crippen molar-refractivity contribution in [1.29, 1.82) is 0 Å². The van der Waals surface area contributed by atoms with Gasteiger partial charge in [-0.1, -0.05) is 0 Å². The fourth-order valence-corrected chi connectivity index (χ4v) is 4.68. The van der Waals surface area contributed by atoms with Crippen LogP contribution in [0.25, 0.3) is 11.3 Å². The average Bonchev–Trinajstić information content (AvgIpc) is 3.23. The molecule has 0 radical (unpaired) electrons. The second kappa shape index (κ2) is 10.1. The Bertz CT molecular complexity index is 1190. The van der Waals surface area contributed by atoms with Crippen molar-refractivity contribution < 1.29 is 17.6 Å². The zero-order valence-electron chi connectivity index (χ0n) is 19.4. The first-order valence-electron chi connectivity index (χ1n) is 11.1. The van der Waals surface area contributed by atoms with Crippen molar-refractivity contribution in [3.8, 4) is 11.3 Å². The van der Waals surface area contributed by atoms with Gasteiger partial charge in [-0.15, -0.1) is 0 Å². The summed E-state index contributed by atoms with van der Waals surface area (Å²) in [5, 5.41) is 0. The molecule has 1 fully saturated rings. The molecule has 0 saturated carbocycles. The highest BCUT2D eigenvalue weighted by Gasteiger charge is 2.34. The maximum Gasteiger partial charge on any atom is 0.419 e. The van der Waals surface area contributed by atoms with Crippen LogP contribution >= 0.6 is 15.9 Å². The lowest BCUT2D eigenvalue weighted by atomic mass is 9.96. The zero-order chi connectivity index (χ0) is 25.3. The predicted molar refractivity (Wildman–Crippen MR) is 130 cm³/mol. The van der Waals surface area contributed by atoms with Crippen LogP contribution in [0.1, 0.15) is 30.1 Å². The van der Waals surface area contributed by atoms with Crippen LogP contribution in [0.5, 0.6) is 0 Å². The number of anilines is 2. The quantitative estimate of drug-likeness (QED) is 0.441. The Morgan fingerprint density at radius 2 is 1.89 bits per heavy atom. The number of nitrogens with two attached hydrogens (primary N) is 1. The van der Waals surface area contributed by atoms with Crippen LogP contribution in [-0.2, 0) is 12.7 Å². The van der Waals surface area contributed by atoms with E-state index in [0.29, 0.717) is 35.6 Å². The number of piperidine rings is 1. The molecule has 35 heavy (non-hydrogen) atoms. The molecule has 2 N–H and O–H groups in total. The summed E-state index contributed by atoms with van der Waals surface area (Å²) in [7, 11) is 3.91. The van der Waals surface area contributed by atoms with Crippen LogP contribution in [0.3, 0.4) is 0 Å². The van der Waals surface area contributed by atoms with Gasteiger partial charge in [-0.3, -0.25) is 0 Å². The molecule has 188 valence electrons. The number of rotatable bonds is 6. The molecule has 0 bridgehead atoms. The predicted octanol–water partition coefficient (Wildman–Crippen LogP) is 4.79. The lowest BCUT2D eigenvalue weighted by molar-refractivity contribution is -0.139. The molecule has 0 spiro atoms. The first kappa shape index (κ1) is 25.4. The molecule has 7 nitrogen and oxygen atoms in total. The van der Waals surface area contributed by atoms with Crippen LogP contribution in [0.2, 0.25) is 0 Å². The van der Waals surface area contributed by atoms with E-state index in [-0.39, 0.29) is 11.5 Å². The Labute approximate surface area is 209 Å². The summed E-state index contributed by atoms with van der Waals surface area (Å²) in [6.45, 7) is 2.80. The van der Waals surface area contributed by atoms with Crippen molar-refractivity contribution in [2.75, 3.05) is 44.4 Å². The number of halogens is 5. The van der Waals surface area contributed by atoms with E-state index < -0.39 is 17.6 Å². The number of benzene rings is 1. The second-order valence-corrected chi connectivity index (χ2v) is 9.62. The zero-order valence-corrected chi connectivity index (χ0v) is 20.9. The minimum Gasteiger partial charge on any atom is -0.383 e. The fourth-order valence-electron chi connectivity index (χ4n) is 4.23. The van der Waals surface area contributed by atoms with Gasteiger partial charge in [-0.2, -0.15) is 13.2 Å². The van der Waals surface area contributed by atoms with E-state index >= 15 is 0 Å². The molecular weight excluding hydrogens is 530 g/mol. The molecular formula is C23H26BrF4N7. The second-order valence-electron chi connectivity index (χ2n) is 8.83. The van der Waals surface area contributed by atoms with Crippen LogP contribution in [-0.4, -0.2) is 58.1 Å². The highest BCUT2D eigenvalue weighted by atomic mass is 79.9. The first-order chi connectivity index (χ1) is 16.5. The van der Waals surface area contributed by atoms with E-state index in [9.17, 15) is 17.6 Å². The minimum atomic E-state index is -4.78. The molecule has 1 saturated heterocycles. The molecule has 3 heterocycles. The Balaban J connectivity index is 1.61. The van der Waals surface area contributed by atoms with Crippen LogP contribution in [0.15, 0.2) is 35.2 Å². The van der Waals surface area contributed by atoms with Crippen LogP contribution in [0.4, 0.5) is 29.2 Å². The first-order valence-corrected chi connectivity index (χ1v) is 11.9. The van der Waals surface area contributed by atoms with E-state index in [1.165, 1.54) is 12.4 Å². The maximum atomic E-state index is 13.8. The van der Waals surface area contributed by atoms with Crippen LogP contribution < -0.4 is 10.6 Å². The van der Waals surface area contributed by atoms with E-state index in [0.717, 1.165) is 43.2 Å². The maximum absolute atomic E-state index is 13.8. The summed E-state index contributed by atoms with van der Waals surface area (Å²) in [5.74, 6) is 0.748. The van der Waals surface area contributed by atoms with E-state index in [1.807, 2.05) is 23.6 Å². The van der Waals surface area contributed by atoms with Crippen molar-refractivity contribution >= 4 is 27.6 Å². The number of imidazole rings is 1. The molecule has 2 aromatic heterocycles. The lowest BCUT2D eigenvalue weighted by Crippen LogP contribution is -2.35. The molecule has 0 unspecified atom stereocenters. The molecule has 3 aromatic rings. The third kappa shape index (κ3) is 5.58. The minimum absolute atomic E-state index is 0.114. The van der Waals surface area contributed by atoms with Gasteiger partial charge >= 0.3 is 6.18 Å². The SMILES string of the molecule is CN(C)CCn1cc(-c2ccc(F)c(C(F)(F)F)c2)nc1C1CCN(c2ncnc(N)c2Br)CC1. The summed E-state index contributed by atoms with van der Waals surface area (Å²) >= 11 is 3.46. The van der Waals surface area contributed by atoms with Crippen molar-refractivity contribution in [2.45, 2.75) is 31.5 Å². The number of alkyl halides is 3. The molecule has 0 amide bonds. The van der Waals surface area contributed by atoms with Crippen molar-refractivity contribution in [3.63, 3.8) is 0 Å². The third-order valence-corrected chi connectivity index (χ3v) is 6.88. The van der Waals surface area contributed by atoms with E-state index in [4.69, 9.17) is 10.7 Å². The monoisotopic (exact) mass is 555 g/mol. The summed E-state index contributed by atoms with van der Waals surface area (Å²) in [5.41, 5.74) is 5.24. The Morgan fingerprint density at radius 3 is 2.54 bits per heavy atom. The molecule has 1 aliphatic heterocycles. The van der Waals surface area contributed by atoms with E-state index in [2.05, 4.69) is 30.8 Å². The summed E-state index contributed by atoms with van der Waals surface area (Å²) in [6, 6.07) is 3.02. The number of aromatic nitrogens is 4. The van der Waals surface area contributed by atoms with Gasteiger partial charge in [0.1, 0.15) is 34.1 Å². The van der Waals surface area contributed by atoms with E-state index in [1.54, 1.807) is 6.20 Å². The number of likely N-dealkylation sites (N-methyl/N-ethyl adjacent to an activating group) is 1. The topological polar surface area (TPSA) is 76.1 Å². The average molecular weight is 556 g/mol. The molecule has 1 aromatic carbocycles. The molecule has 1 aliphatic rings. The van der Waals surface area contributed by atoms with Gasteiger partial charge in [0.25, 0.3) is 0 Å². The van der Waals surface area contributed by atoms with Gasteiger partial charge in [-0.25, -0.2) is 19.3 Å². The number of hydrogen-bond donors (Lipinski definition) is 1. The highest BCUT2D eigenvalue weighted by Crippen LogP contribution is 2.37. The summed E-state index contributed by atoms with van der Waals surface area (Å²) < 4.78 is 56.3. The Morgan fingerprint density at radius 1 is 1.17 bits per heavy atom. The number of nitrogen functional groups attached to an aromatic ring is 1. The van der Waals surface area contributed by atoms with Gasteiger partial charge in [0.05, 0.1) is 11.3 Å². The summed E-state index contributed by atoms with van der Waals surface area (Å²) in [4.78, 5) is 17.2. The van der Waals surface area contributed by atoms with Crippen LogP contribution in [0, 0.1) is 5.82 Å². The van der Waals surface area contributed by atoms with Gasteiger partial charge in [0.15, 0.2) is 0 Å². The molecule has 12 heteroatoms. The van der Waals surface area contributed by atoms with Crippen molar-refractivity contribution in [2.24, 2.45) is 0 Å². The largest absolute Gasteiger partial charge is 0.419 e.